The maximum Gasteiger partial charge on any atom is 0.259 e. The Kier molecular flexibility index (Phi) is 4.93. The lowest BCUT2D eigenvalue weighted by molar-refractivity contribution is 0.102. The van der Waals surface area contributed by atoms with E-state index in [9.17, 15) is 14.0 Å². The summed E-state index contributed by atoms with van der Waals surface area (Å²) in [5.74, 6) is -0.705. The first-order chi connectivity index (χ1) is 14.5. The number of hydrogen-bond acceptors (Lipinski definition) is 4. The van der Waals surface area contributed by atoms with Crippen LogP contribution < -0.4 is 15.8 Å². The zero-order chi connectivity index (χ0) is 21.3. The summed E-state index contributed by atoms with van der Waals surface area (Å²) >= 11 is 0. The molecule has 0 atom stereocenters. The molecule has 4 rings (SSSR count). The van der Waals surface area contributed by atoms with Crippen molar-refractivity contribution in [3.8, 4) is 5.75 Å². The van der Waals surface area contributed by atoms with Gasteiger partial charge in [0.15, 0.2) is 0 Å². The number of anilines is 2. The van der Waals surface area contributed by atoms with E-state index in [1.807, 2.05) is 0 Å². The second kappa shape index (κ2) is 7.71. The van der Waals surface area contributed by atoms with Gasteiger partial charge in [-0.15, -0.1) is 0 Å². The number of benzene rings is 2. The van der Waals surface area contributed by atoms with E-state index in [0.717, 1.165) is 0 Å². The van der Waals surface area contributed by atoms with Gasteiger partial charge in [0.1, 0.15) is 17.3 Å². The normalized spacial score (nSPS) is 10.7. The fourth-order valence-electron chi connectivity index (χ4n) is 3.33. The van der Waals surface area contributed by atoms with Crippen molar-refractivity contribution in [3.63, 3.8) is 0 Å². The highest BCUT2D eigenvalue weighted by Crippen LogP contribution is 2.30. The number of nitrogens with zero attached hydrogens (tertiary/aromatic N) is 1. The van der Waals surface area contributed by atoms with Crippen molar-refractivity contribution in [1.29, 1.82) is 0 Å². The number of nitrogen functional groups attached to an aromatic ring is 1. The van der Waals surface area contributed by atoms with Crippen LogP contribution in [-0.4, -0.2) is 23.2 Å². The van der Waals surface area contributed by atoms with Crippen molar-refractivity contribution in [2.45, 2.75) is 0 Å². The van der Waals surface area contributed by atoms with Crippen molar-refractivity contribution >= 4 is 28.6 Å². The van der Waals surface area contributed by atoms with Gasteiger partial charge in [-0.1, -0.05) is 18.2 Å². The van der Waals surface area contributed by atoms with Gasteiger partial charge in [0.05, 0.1) is 23.9 Å². The van der Waals surface area contributed by atoms with Crippen LogP contribution in [0.1, 0.15) is 26.4 Å². The third-order valence-corrected chi connectivity index (χ3v) is 4.76. The van der Waals surface area contributed by atoms with E-state index in [2.05, 4.69) is 5.32 Å². The second-order valence-corrected chi connectivity index (χ2v) is 6.62. The maximum atomic E-state index is 13.3. The molecule has 150 valence electrons. The third-order valence-electron chi connectivity index (χ3n) is 4.76. The fourth-order valence-corrected chi connectivity index (χ4v) is 3.33. The molecule has 0 aliphatic heterocycles. The molecule has 0 aliphatic rings. The molecule has 0 spiro atoms. The van der Waals surface area contributed by atoms with Crippen LogP contribution in [-0.2, 0) is 0 Å². The van der Waals surface area contributed by atoms with Gasteiger partial charge in [-0.2, -0.15) is 0 Å². The molecule has 2 heterocycles. The number of halogens is 1. The van der Waals surface area contributed by atoms with Gasteiger partial charge in [0.25, 0.3) is 5.91 Å². The van der Waals surface area contributed by atoms with Crippen molar-refractivity contribution in [2.75, 3.05) is 18.2 Å². The minimum Gasteiger partial charge on any atom is -0.497 e. The predicted octanol–water partition coefficient (Wildman–Crippen LogP) is 4.15. The molecule has 6 nitrogen and oxygen atoms in total. The van der Waals surface area contributed by atoms with Crippen LogP contribution in [0.2, 0.25) is 0 Å². The summed E-state index contributed by atoms with van der Waals surface area (Å²) in [6, 6.07) is 17.3. The van der Waals surface area contributed by atoms with Crippen LogP contribution >= 0.6 is 0 Å². The molecule has 0 bridgehead atoms. The van der Waals surface area contributed by atoms with Crippen LogP contribution in [0.25, 0.3) is 5.52 Å². The molecule has 0 saturated heterocycles. The monoisotopic (exact) mass is 403 g/mol. The number of hydrogen-bond donors (Lipinski definition) is 2. The molecule has 0 unspecified atom stereocenters. The van der Waals surface area contributed by atoms with E-state index < -0.39 is 11.7 Å². The van der Waals surface area contributed by atoms with Crippen molar-refractivity contribution in [3.05, 3.63) is 95.6 Å². The minimum absolute atomic E-state index is 0.0635. The zero-order valence-corrected chi connectivity index (χ0v) is 16.1. The molecule has 7 heteroatoms. The Labute approximate surface area is 171 Å². The molecule has 0 fully saturated rings. The number of carbonyl (C=O) groups excluding carboxylic acids is 2. The number of carbonyl (C=O) groups is 2. The van der Waals surface area contributed by atoms with Gasteiger partial charge >= 0.3 is 0 Å². The Hall–Kier alpha value is -4.13. The SMILES string of the molecule is COc1cccc(C(=O)c2c(N)c(C(=O)Nc3ccc(F)cc3)c3ccccn23)c1. The number of rotatable bonds is 5. The number of nitrogens with one attached hydrogen (secondary N) is 1. The van der Waals surface area contributed by atoms with Gasteiger partial charge in [0.2, 0.25) is 5.78 Å². The number of amides is 1. The number of pyridine rings is 1. The minimum atomic E-state index is -0.493. The molecule has 1 amide bonds. The summed E-state index contributed by atoms with van der Waals surface area (Å²) in [5, 5.41) is 2.70. The average molecular weight is 403 g/mol. The van der Waals surface area contributed by atoms with E-state index in [1.165, 1.54) is 31.4 Å². The Bertz CT molecular complexity index is 1260. The maximum absolute atomic E-state index is 13.3. The van der Waals surface area contributed by atoms with Gasteiger partial charge in [-0.3, -0.25) is 9.59 Å². The van der Waals surface area contributed by atoms with Gasteiger partial charge in [-0.05, 0) is 48.5 Å². The molecule has 3 N–H and O–H groups in total. The highest BCUT2D eigenvalue weighted by molar-refractivity contribution is 6.20. The van der Waals surface area contributed by atoms with E-state index >= 15 is 0 Å². The first-order valence-corrected chi connectivity index (χ1v) is 9.14. The van der Waals surface area contributed by atoms with E-state index in [1.54, 1.807) is 53.1 Å². The summed E-state index contributed by atoms with van der Waals surface area (Å²) in [6.07, 6.45) is 1.67. The van der Waals surface area contributed by atoms with E-state index in [-0.39, 0.29) is 22.7 Å². The fraction of sp³-hybridized carbons (Fsp3) is 0.0435. The molecule has 0 radical (unpaired) electrons. The van der Waals surface area contributed by atoms with Crippen LogP contribution in [0.3, 0.4) is 0 Å². The Balaban J connectivity index is 1.80. The predicted molar refractivity (Wildman–Crippen MR) is 113 cm³/mol. The van der Waals surface area contributed by atoms with Crippen molar-refractivity contribution < 1.29 is 18.7 Å². The van der Waals surface area contributed by atoms with Crippen LogP contribution in [0, 0.1) is 5.82 Å². The lowest BCUT2D eigenvalue weighted by Gasteiger charge is -2.06. The quantitative estimate of drug-likeness (QED) is 0.490. The summed E-state index contributed by atoms with van der Waals surface area (Å²) in [5.41, 5.74) is 8.01. The molecular weight excluding hydrogens is 385 g/mol. The van der Waals surface area contributed by atoms with Gasteiger partial charge in [-0.25, -0.2) is 4.39 Å². The largest absolute Gasteiger partial charge is 0.497 e. The molecule has 30 heavy (non-hydrogen) atoms. The highest BCUT2D eigenvalue weighted by Gasteiger charge is 2.26. The van der Waals surface area contributed by atoms with Gasteiger partial charge in [0, 0.05) is 17.4 Å². The standard InChI is InChI=1S/C23H18FN3O3/c1-30-17-6-4-5-14(13-17)22(28)21-20(25)19(18-7-2-3-12-27(18)21)23(29)26-16-10-8-15(24)9-11-16/h2-13H,25H2,1H3,(H,26,29). The Morgan fingerprint density at radius 1 is 1.03 bits per heavy atom. The van der Waals surface area contributed by atoms with Crippen LogP contribution in [0.15, 0.2) is 72.9 Å². The Morgan fingerprint density at radius 3 is 2.53 bits per heavy atom. The highest BCUT2D eigenvalue weighted by atomic mass is 19.1. The smallest absolute Gasteiger partial charge is 0.259 e. The zero-order valence-electron chi connectivity index (χ0n) is 16.1. The first kappa shape index (κ1) is 19.2. The summed E-state index contributed by atoms with van der Waals surface area (Å²) in [4.78, 5) is 26.2. The average Bonchev–Trinajstić information content (AvgIpc) is 3.06. The number of fused-ring (bicyclic) bond motifs is 1. The lowest BCUT2D eigenvalue weighted by atomic mass is 10.1. The number of ketones is 1. The second-order valence-electron chi connectivity index (χ2n) is 6.62. The molecule has 0 saturated carbocycles. The molecule has 0 aliphatic carbocycles. The molecule has 2 aromatic heterocycles. The summed E-state index contributed by atoms with van der Waals surface area (Å²) < 4.78 is 19.9. The lowest BCUT2D eigenvalue weighted by Crippen LogP contribution is -2.14. The van der Waals surface area contributed by atoms with Crippen LogP contribution in [0.4, 0.5) is 15.8 Å². The topological polar surface area (TPSA) is 85.8 Å². The van der Waals surface area contributed by atoms with Crippen LogP contribution in [0.5, 0.6) is 5.75 Å². The van der Waals surface area contributed by atoms with E-state index in [0.29, 0.717) is 22.5 Å². The number of ether oxygens (including phenoxy) is 1. The number of methoxy groups -OCH3 is 1. The number of nitrogens with two attached hydrogens (primary N) is 1. The van der Waals surface area contributed by atoms with Gasteiger partial charge < -0.3 is 20.2 Å². The van der Waals surface area contributed by atoms with Crippen molar-refractivity contribution in [2.24, 2.45) is 0 Å². The molecular formula is C23H18FN3O3. The third kappa shape index (κ3) is 3.37. The summed E-state index contributed by atoms with van der Waals surface area (Å²) in [6.45, 7) is 0. The number of aromatic nitrogens is 1. The van der Waals surface area contributed by atoms with Crippen molar-refractivity contribution in [1.82, 2.24) is 4.40 Å². The molecule has 2 aromatic carbocycles. The first-order valence-electron chi connectivity index (χ1n) is 9.14. The van der Waals surface area contributed by atoms with E-state index in [4.69, 9.17) is 10.5 Å². The Morgan fingerprint density at radius 2 is 1.80 bits per heavy atom. The molecule has 4 aromatic rings. The summed E-state index contributed by atoms with van der Waals surface area (Å²) in [7, 11) is 1.52.